The molecule has 0 saturated carbocycles. The zero-order valence-corrected chi connectivity index (χ0v) is 19.2. The third-order valence-electron chi connectivity index (χ3n) is 4.62. The normalized spacial score (nSPS) is 11.2. The van der Waals surface area contributed by atoms with Crippen LogP contribution in [-0.2, 0) is 6.54 Å². The Hall–Kier alpha value is -2.35. The van der Waals surface area contributed by atoms with Gasteiger partial charge in [0.05, 0.1) is 12.9 Å². The van der Waals surface area contributed by atoms with E-state index in [9.17, 15) is 0 Å². The molecule has 2 N–H and O–H groups in total. The number of hydrogen-bond acceptors (Lipinski definition) is 2. The van der Waals surface area contributed by atoms with Crippen molar-refractivity contribution in [3.8, 4) is 0 Å². The summed E-state index contributed by atoms with van der Waals surface area (Å²) in [5.74, 6) is 1.11. The maximum absolute atomic E-state index is 4.88. The van der Waals surface area contributed by atoms with Crippen molar-refractivity contribution >= 4 is 29.9 Å². The minimum atomic E-state index is 0. The average molecular weight is 503 g/mol. The van der Waals surface area contributed by atoms with Gasteiger partial charge in [-0.3, -0.25) is 4.99 Å². The maximum Gasteiger partial charge on any atom is 0.191 e. The summed E-state index contributed by atoms with van der Waals surface area (Å²) < 4.78 is 2.09. The van der Waals surface area contributed by atoms with Gasteiger partial charge in [-0.05, 0) is 24.5 Å². The van der Waals surface area contributed by atoms with Crippen LogP contribution in [0.3, 0.4) is 0 Å². The molecule has 0 aliphatic rings. The molecule has 0 bridgehead atoms. The molecule has 5 nitrogen and oxygen atoms in total. The van der Waals surface area contributed by atoms with Crippen LogP contribution in [0.15, 0.2) is 84.4 Å². The van der Waals surface area contributed by atoms with Crippen LogP contribution in [0.5, 0.6) is 0 Å². The SMILES string of the molecule is CCNC(=NCC(c1ccccc1)c1ccccc1)NCCCn1ccnc1.I. The Bertz CT molecular complexity index is 779. The highest BCUT2D eigenvalue weighted by atomic mass is 127. The van der Waals surface area contributed by atoms with Gasteiger partial charge in [0.2, 0.25) is 0 Å². The van der Waals surface area contributed by atoms with Gasteiger partial charge in [-0.25, -0.2) is 4.98 Å². The van der Waals surface area contributed by atoms with E-state index in [1.807, 2.05) is 18.7 Å². The minimum Gasteiger partial charge on any atom is -0.357 e. The fourth-order valence-electron chi connectivity index (χ4n) is 3.19. The standard InChI is InChI=1S/C23H29N5.HI/c1-2-25-23(26-14-9-16-28-17-15-24-19-28)27-18-22(20-10-5-3-6-11-20)21-12-7-4-8-13-21;/h3-8,10-13,15,17,19,22H,2,9,14,16,18H2,1H3,(H2,25,26,27);1H. The van der Waals surface area contributed by atoms with E-state index in [-0.39, 0.29) is 29.9 Å². The number of aryl methyl sites for hydroxylation is 1. The summed E-state index contributed by atoms with van der Waals surface area (Å²) in [5, 5.41) is 6.80. The van der Waals surface area contributed by atoms with Crippen LogP contribution in [0.1, 0.15) is 30.4 Å². The molecule has 1 heterocycles. The number of aromatic nitrogens is 2. The number of rotatable bonds is 9. The van der Waals surface area contributed by atoms with Gasteiger partial charge in [-0.15, -0.1) is 24.0 Å². The number of guanidine groups is 1. The molecule has 29 heavy (non-hydrogen) atoms. The molecule has 0 radical (unpaired) electrons. The zero-order valence-electron chi connectivity index (χ0n) is 16.9. The largest absolute Gasteiger partial charge is 0.357 e. The van der Waals surface area contributed by atoms with E-state index in [4.69, 9.17) is 4.99 Å². The van der Waals surface area contributed by atoms with Gasteiger partial charge in [-0.1, -0.05) is 60.7 Å². The Morgan fingerprint density at radius 1 is 1.00 bits per heavy atom. The van der Waals surface area contributed by atoms with Crippen molar-refractivity contribution in [3.63, 3.8) is 0 Å². The highest BCUT2D eigenvalue weighted by molar-refractivity contribution is 14.0. The summed E-state index contributed by atoms with van der Waals surface area (Å²) >= 11 is 0. The van der Waals surface area contributed by atoms with E-state index in [0.29, 0.717) is 6.54 Å². The number of nitrogens with one attached hydrogen (secondary N) is 2. The van der Waals surface area contributed by atoms with Crippen LogP contribution in [0.4, 0.5) is 0 Å². The van der Waals surface area contributed by atoms with Crippen LogP contribution in [0.25, 0.3) is 0 Å². The van der Waals surface area contributed by atoms with Crippen molar-refractivity contribution in [1.82, 2.24) is 20.2 Å². The lowest BCUT2D eigenvalue weighted by Crippen LogP contribution is -2.38. The molecule has 1 aromatic heterocycles. The van der Waals surface area contributed by atoms with Crippen LogP contribution < -0.4 is 10.6 Å². The van der Waals surface area contributed by atoms with E-state index in [1.54, 1.807) is 0 Å². The lowest BCUT2D eigenvalue weighted by molar-refractivity contribution is 0.624. The average Bonchev–Trinajstić information content (AvgIpc) is 3.26. The number of hydrogen-bond donors (Lipinski definition) is 2. The minimum absolute atomic E-state index is 0. The first-order chi connectivity index (χ1) is 13.9. The highest BCUT2D eigenvalue weighted by Gasteiger charge is 2.13. The molecule has 3 rings (SSSR count). The molecule has 2 aromatic carbocycles. The lowest BCUT2D eigenvalue weighted by atomic mass is 9.91. The number of aliphatic imine (C=N–C) groups is 1. The third kappa shape index (κ3) is 7.53. The fraction of sp³-hybridized carbons (Fsp3) is 0.304. The summed E-state index contributed by atoms with van der Waals surface area (Å²) in [6, 6.07) is 21.2. The number of nitrogens with zero attached hydrogens (tertiary/aromatic N) is 3. The Morgan fingerprint density at radius 2 is 1.66 bits per heavy atom. The summed E-state index contributed by atoms with van der Waals surface area (Å²) in [4.78, 5) is 8.95. The Kier molecular flexibility index (Phi) is 10.3. The van der Waals surface area contributed by atoms with Gasteiger partial charge in [0, 0.05) is 37.9 Å². The van der Waals surface area contributed by atoms with E-state index in [0.717, 1.165) is 32.0 Å². The van der Waals surface area contributed by atoms with Crippen molar-refractivity contribution in [1.29, 1.82) is 0 Å². The van der Waals surface area contributed by atoms with Gasteiger partial charge in [-0.2, -0.15) is 0 Å². The molecule has 0 amide bonds. The summed E-state index contributed by atoms with van der Waals surface area (Å²) in [5.41, 5.74) is 2.57. The fourth-order valence-corrected chi connectivity index (χ4v) is 3.19. The van der Waals surface area contributed by atoms with E-state index < -0.39 is 0 Å². The summed E-state index contributed by atoms with van der Waals surface area (Å²) in [6.07, 6.45) is 6.67. The predicted octanol–water partition coefficient (Wildman–Crippen LogP) is 4.28. The Balaban J connectivity index is 0.00000300. The first kappa shape index (κ1) is 22.9. The van der Waals surface area contributed by atoms with Crippen molar-refractivity contribution in [2.24, 2.45) is 4.99 Å². The highest BCUT2D eigenvalue weighted by Crippen LogP contribution is 2.24. The van der Waals surface area contributed by atoms with Gasteiger partial charge in [0.25, 0.3) is 0 Å². The smallest absolute Gasteiger partial charge is 0.191 e. The van der Waals surface area contributed by atoms with Gasteiger partial charge >= 0.3 is 0 Å². The monoisotopic (exact) mass is 503 g/mol. The second-order valence-corrected chi connectivity index (χ2v) is 6.67. The Morgan fingerprint density at radius 3 is 2.21 bits per heavy atom. The molecular weight excluding hydrogens is 473 g/mol. The molecule has 0 saturated heterocycles. The molecular formula is C23H30IN5. The molecule has 3 aromatic rings. The molecule has 0 spiro atoms. The quantitative estimate of drug-likeness (QED) is 0.199. The van der Waals surface area contributed by atoms with Crippen LogP contribution in [-0.4, -0.2) is 35.1 Å². The van der Waals surface area contributed by atoms with E-state index in [1.165, 1.54) is 11.1 Å². The molecule has 0 unspecified atom stereocenters. The van der Waals surface area contributed by atoms with Crippen molar-refractivity contribution in [2.45, 2.75) is 25.8 Å². The first-order valence-corrected chi connectivity index (χ1v) is 9.94. The maximum atomic E-state index is 4.88. The summed E-state index contributed by atoms with van der Waals surface area (Å²) in [7, 11) is 0. The zero-order chi connectivity index (χ0) is 19.4. The molecule has 0 aliphatic carbocycles. The second-order valence-electron chi connectivity index (χ2n) is 6.67. The molecule has 0 atom stereocenters. The topological polar surface area (TPSA) is 54.2 Å². The summed E-state index contributed by atoms with van der Waals surface area (Å²) in [6.45, 7) is 5.45. The van der Waals surface area contributed by atoms with Gasteiger partial charge < -0.3 is 15.2 Å². The van der Waals surface area contributed by atoms with Gasteiger partial charge in [0.15, 0.2) is 5.96 Å². The lowest BCUT2D eigenvalue weighted by Gasteiger charge is -2.18. The van der Waals surface area contributed by atoms with Crippen LogP contribution in [0, 0.1) is 0 Å². The number of halogens is 1. The molecule has 6 heteroatoms. The van der Waals surface area contributed by atoms with Gasteiger partial charge in [0.1, 0.15) is 0 Å². The van der Waals surface area contributed by atoms with Crippen LogP contribution in [0.2, 0.25) is 0 Å². The number of benzene rings is 2. The van der Waals surface area contributed by atoms with E-state index in [2.05, 4.69) is 87.8 Å². The second kappa shape index (κ2) is 13.0. The Labute approximate surface area is 190 Å². The van der Waals surface area contributed by atoms with Crippen molar-refractivity contribution in [2.75, 3.05) is 19.6 Å². The predicted molar refractivity (Wildman–Crippen MR) is 131 cm³/mol. The molecule has 0 fully saturated rings. The van der Waals surface area contributed by atoms with Crippen molar-refractivity contribution < 1.29 is 0 Å². The number of imidazole rings is 1. The first-order valence-electron chi connectivity index (χ1n) is 9.94. The van der Waals surface area contributed by atoms with Crippen LogP contribution >= 0.6 is 24.0 Å². The molecule has 0 aliphatic heterocycles. The third-order valence-corrected chi connectivity index (χ3v) is 4.62. The van der Waals surface area contributed by atoms with Crippen molar-refractivity contribution in [3.05, 3.63) is 90.5 Å². The molecule has 154 valence electrons. The van der Waals surface area contributed by atoms with E-state index >= 15 is 0 Å².